The molecular weight excluding hydrogens is 251 g/mol. The van der Waals surface area contributed by atoms with Gasteiger partial charge in [0.05, 0.1) is 11.3 Å². The molecule has 1 aromatic heterocycles. The van der Waals surface area contributed by atoms with Gasteiger partial charge >= 0.3 is 5.69 Å². The third-order valence-electron chi connectivity index (χ3n) is 2.93. The third-order valence-corrected chi connectivity index (χ3v) is 2.93. The smallest absolute Gasteiger partial charge is 0.335 e. The summed E-state index contributed by atoms with van der Waals surface area (Å²) in [6.07, 6.45) is 0.279. The lowest BCUT2D eigenvalue weighted by molar-refractivity contribution is 0.423. The lowest BCUT2D eigenvalue weighted by Crippen LogP contribution is -2.31. The first-order valence-corrected chi connectivity index (χ1v) is 5.79. The van der Waals surface area contributed by atoms with Gasteiger partial charge in [-0.15, -0.1) is 0 Å². The normalized spacial score (nSPS) is 10.7. The first-order valence-electron chi connectivity index (χ1n) is 5.79. The molecule has 0 bridgehead atoms. The van der Waals surface area contributed by atoms with Crippen LogP contribution >= 0.6 is 0 Å². The Balaban J connectivity index is 2.83. The standard InChI is InChI=1S/C13H13FN2O3/c1-3-9-11(17)15-13(19)16(12(9)18)10-5-4-8(14)6-7(10)2/h4-6,18H,3H2,1-2H3,(H,15,17,19). The Bertz CT molecular complexity index is 747. The number of aromatic hydroxyl groups is 1. The van der Waals surface area contributed by atoms with Gasteiger partial charge in [0.2, 0.25) is 5.88 Å². The molecule has 0 saturated heterocycles. The average molecular weight is 264 g/mol. The molecule has 0 aliphatic heterocycles. The van der Waals surface area contributed by atoms with Crippen molar-refractivity contribution >= 4 is 0 Å². The molecule has 0 unspecified atom stereocenters. The van der Waals surface area contributed by atoms with Crippen molar-refractivity contribution in [3.63, 3.8) is 0 Å². The van der Waals surface area contributed by atoms with E-state index in [1.165, 1.54) is 18.2 Å². The van der Waals surface area contributed by atoms with Crippen LogP contribution in [0.3, 0.4) is 0 Å². The predicted molar refractivity (Wildman–Crippen MR) is 68.4 cm³/mol. The van der Waals surface area contributed by atoms with Gasteiger partial charge in [-0.1, -0.05) is 6.92 Å². The Morgan fingerprint density at radius 1 is 1.37 bits per heavy atom. The average Bonchev–Trinajstić information content (AvgIpc) is 2.31. The van der Waals surface area contributed by atoms with E-state index >= 15 is 0 Å². The maximum absolute atomic E-state index is 13.1. The number of hydrogen-bond donors (Lipinski definition) is 2. The third kappa shape index (κ3) is 2.16. The summed E-state index contributed by atoms with van der Waals surface area (Å²) >= 11 is 0. The summed E-state index contributed by atoms with van der Waals surface area (Å²) in [5.41, 5.74) is -0.444. The van der Waals surface area contributed by atoms with Crippen LogP contribution in [0.2, 0.25) is 0 Å². The van der Waals surface area contributed by atoms with Crippen molar-refractivity contribution in [3.8, 4) is 11.6 Å². The van der Waals surface area contributed by atoms with E-state index in [0.717, 1.165) is 4.57 Å². The van der Waals surface area contributed by atoms with Crippen LogP contribution in [0.25, 0.3) is 5.69 Å². The monoisotopic (exact) mass is 264 g/mol. The Hall–Kier alpha value is -2.37. The lowest BCUT2D eigenvalue weighted by atomic mass is 10.2. The summed E-state index contributed by atoms with van der Waals surface area (Å²) in [5, 5.41) is 10.0. The molecule has 0 amide bonds. The maximum atomic E-state index is 13.1. The van der Waals surface area contributed by atoms with Gasteiger partial charge < -0.3 is 5.11 Å². The number of halogens is 1. The molecule has 100 valence electrons. The van der Waals surface area contributed by atoms with Gasteiger partial charge in [0.25, 0.3) is 5.56 Å². The number of aromatic nitrogens is 2. The molecule has 2 rings (SSSR count). The zero-order valence-corrected chi connectivity index (χ0v) is 10.5. The van der Waals surface area contributed by atoms with Crippen molar-refractivity contribution in [1.29, 1.82) is 0 Å². The highest BCUT2D eigenvalue weighted by Gasteiger charge is 2.15. The molecule has 0 radical (unpaired) electrons. The van der Waals surface area contributed by atoms with E-state index in [-0.39, 0.29) is 12.0 Å². The minimum Gasteiger partial charge on any atom is -0.494 e. The highest BCUT2D eigenvalue weighted by molar-refractivity contribution is 5.44. The van der Waals surface area contributed by atoms with Gasteiger partial charge in [-0.3, -0.25) is 9.78 Å². The van der Waals surface area contributed by atoms with Crippen molar-refractivity contribution in [2.45, 2.75) is 20.3 Å². The number of aromatic amines is 1. The summed E-state index contributed by atoms with van der Waals surface area (Å²) in [5.74, 6) is -0.847. The molecule has 0 fully saturated rings. The number of hydrogen-bond acceptors (Lipinski definition) is 3. The second-order valence-electron chi connectivity index (χ2n) is 4.18. The number of H-pyrrole nitrogens is 1. The van der Waals surface area contributed by atoms with E-state index in [1.54, 1.807) is 13.8 Å². The molecule has 2 N–H and O–H groups in total. The molecule has 0 aliphatic carbocycles. The summed E-state index contributed by atoms with van der Waals surface area (Å²) < 4.78 is 14.0. The van der Waals surface area contributed by atoms with E-state index in [9.17, 15) is 19.1 Å². The molecule has 6 heteroatoms. The Labute approximate surface area is 108 Å². The van der Waals surface area contributed by atoms with Gasteiger partial charge in [0.1, 0.15) is 5.82 Å². The second-order valence-corrected chi connectivity index (χ2v) is 4.18. The molecular formula is C13H13FN2O3. The number of aryl methyl sites for hydroxylation is 1. The van der Waals surface area contributed by atoms with Crippen molar-refractivity contribution in [1.82, 2.24) is 9.55 Å². The van der Waals surface area contributed by atoms with Crippen molar-refractivity contribution in [2.75, 3.05) is 0 Å². The minimum atomic E-state index is -0.755. The fraction of sp³-hybridized carbons (Fsp3) is 0.231. The Kier molecular flexibility index (Phi) is 3.25. The van der Waals surface area contributed by atoms with Gasteiger partial charge in [-0.05, 0) is 37.1 Å². The topological polar surface area (TPSA) is 75.1 Å². The Morgan fingerprint density at radius 3 is 2.63 bits per heavy atom. The molecule has 0 saturated carbocycles. The zero-order chi connectivity index (χ0) is 14.2. The summed E-state index contributed by atoms with van der Waals surface area (Å²) in [6, 6.07) is 3.81. The molecule has 0 spiro atoms. The van der Waals surface area contributed by atoms with Gasteiger partial charge in [-0.2, -0.15) is 0 Å². The van der Waals surface area contributed by atoms with E-state index in [2.05, 4.69) is 4.98 Å². The zero-order valence-electron chi connectivity index (χ0n) is 10.5. The predicted octanol–water partition coefficient (Wildman–Crippen LogP) is 1.24. The molecule has 2 aromatic rings. The highest BCUT2D eigenvalue weighted by atomic mass is 19.1. The maximum Gasteiger partial charge on any atom is 0.335 e. The van der Waals surface area contributed by atoms with Crippen LogP contribution in [-0.2, 0) is 6.42 Å². The summed E-state index contributed by atoms with van der Waals surface area (Å²) in [7, 11) is 0. The number of rotatable bonds is 2. The van der Waals surface area contributed by atoms with Crippen LogP contribution in [0.1, 0.15) is 18.1 Å². The number of nitrogens with one attached hydrogen (secondary N) is 1. The molecule has 1 heterocycles. The SMILES string of the molecule is CCc1c(O)n(-c2ccc(F)cc2C)c(=O)[nH]c1=O. The molecule has 1 aromatic carbocycles. The molecule has 0 atom stereocenters. The van der Waals surface area contributed by atoms with Gasteiger partial charge in [0.15, 0.2) is 0 Å². The quantitative estimate of drug-likeness (QED) is 0.857. The van der Waals surface area contributed by atoms with E-state index in [1.807, 2.05) is 0 Å². The molecule has 5 nitrogen and oxygen atoms in total. The van der Waals surface area contributed by atoms with Crippen molar-refractivity contribution in [2.24, 2.45) is 0 Å². The summed E-state index contributed by atoms with van der Waals surface area (Å²) in [4.78, 5) is 25.5. The first kappa shape index (κ1) is 13.1. The summed E-state index contributed by atoms with van der Waals surface area (Å²) in [6.45, 7) is 3.30. The first-order chi connectivity index (χ1) is 8.95. The van der Waals surface area contributed by atoms with Crippen LogP contribution in [0.4, 0.5) is 4.39 Å². The van der Waals surface area contributed by atoms with Gasteiger partial charge in [0, 0.05) is 0 Å². The van der Waals surface area contributed by atoms with Crippen LogP contribution in [0.5, 0.6) is 5.88 Å². The van der Waals surface area contributed by atoms with E-state index in [0.29, 0.717) is 11.3 Å². The van der Waals surface area contributed by atoms with Crippen LogP contribution in [0.15, 0.2) is 27.8 Å². The highest BCUT2D eigenvalue weighted by Crippen LogP contribution is 2.20. The van der Waals surface area contributed by atoms with Crippen LogP contribution in [-0.4, -0.2) is 14.7 Å². The number of benzene rings is 1. The van der Waals surface area contributed by atoms with E-state index < -0.39 is 22.9 Å². The van der Waals surface area contributed by atoms with Gasteiger partial charge in [-0.25, -0.2) is 13.8 Å². The second kappa shape index (κ2) is 4.72. The number of nitrogens with zero attached hydrogens (tertiary/aromatic N) is 1. The fourth-order valence-corrected chi connectivity index (χ4v) is 1.97. The van der Waals surface area contributed by atoms with Crippen molar-refractivity contribution in [3.05, 3.63) is 56.0 Å². The lowest BCUT2D eigenvalue weighted by Gasteiger charge is -2.12. The van der Waals surface area contributed by atoms with Crippen LogP contribution in [0, 0.1) is 12.7 Å². The molecule has 19 heavy (non-hydrogen) atoms. The largest absolute Gasteiger partial charge is 0.494 e. The van der Waals surface area contributed by atoms with Crippen molar-refractivity contribution < 1.29 is 9.50 Å². The van der Waals surface area contributed by atoms with E-state index in [4.69, 9.17) is 0 Å². The Morgan fingerprint density at radius 2 is 2.05 bits per heavy atom. The fourth-order valence-electron chi connectivity index (χ4n) is 1.97. The molecule has 0 aliphatic rings. The van der Waals surface area contributed by atoms with Crippen LogP contribution < -0.4 is 11.2 Å². The minimum absolute atomic E-state index is 0.114.